The summed E-state index contributed by atoms with van der Waals surface area (Å²) in [7, 11) is 0. The molecule has 1 unspecified atom stereocenters. The lowest BCUT2D eigenvalue weighted by Gasteiger charge is -2.23. The third-order valence-electron chi connectivity index (χ3n) is 1.87. The Labute approximate surface area is 106 Å². The summed E-state index contributed by atoms with van der Waals surface area (Å²) in [5.74, 6) is -1.05. The van der Waals surface area contributed by atoms with Gasteiger partial charge in [-0.3, -0.25) is 4.79 Å². The molecule has 3 amide bonds. The lowest BCUT2D eigenvalue weighted by atomic mass is 10.2. The lowest BCUT2D eigenvalue weighted by Crippen LogP contribution is -2.51. The summed E-state index contributed by atoms with van der Waals surface area (Å²) >= 11 is 0. The van der Waals surface area contributed by atoms with Crippen molar-refractivity contribution in [1.29, 1.82) is 0 Å². The second-order valence-corrected chi connectivity index (χ2v) is 4.99. The van der Waals surface area contributed by atoms with Gasteiger partial charge in [0, 0.05) is 0 Å². The molecule has 0 fully saturated rings. The monoisotopic (exact) mass is 259 g/mol. The Morgan fingerprint density at radius 3 is 1.94 bits per heavy atom. The zero-order valence-electron chi connectivity index (χ0n) is 11.4. The fourth-order valence-electron chi connectivity index (χ4n) is 1.07. The summed E-state index contributed by atoms with van der Waals surface area (Å²) in [6, 6.07) is -2.41. The number of primary amides is 1. The second kappa shape index (κ2) is 6.23. The number of hydrogen-bond acceptors (Lipinski definition) is 4. The van der Waals surface area contributed by atoms with Gasteiger partial charge in [0.25, 0.3) is 0 Å². The zero-order chi connectivity index (χ0) is 14.5. The molecule has 0 aliphatic carbocycles. The van der Waals surface area contributed by atoms with E-state index in [1.165, 1.54) is 13.8 Å². The molecule has 0 aromatic heterocycles. The summed E-state index contributed by atoms with van der Waals surface area (Å²) < 4.78 is 5.10. The first-order valence-electron chi connectivity index (χ1n) is 5.62. The van der Waals surface area contributed by atoms with Gasteiger partial charge in [0.15, 0.2) is 0 Å². The van der Waals surface area contributed by atoms with Gasteiger partial charge in [-0.25, -0.2) is 9.59 Å². The first kappa shape index (κ1) is 16.2. The predicted octanol–water partition coefficient (Wildman–Crippen LogP) is -0.110. The van der Waals surface area contributed by atoms with Crippen LogP contribution in [0.3, 0.4) is 0 Å². The molecule has 0 rings (SSSR count). The molecule has 0 saturated carbocycles. The van der Waals surface area contributed by atoms with Gasteiger partial charge < -0.3 is 21.1 Å². The highest BCUT2D eigenvalue weighted by atomic mass is 16.6. The largest absolute Gasteiger partial charge is 0.458 e. The Balaban J connectivity index is 4.31. The molecule has 104 valence electrons. The fraction of sp³-hybridized carbons (Fsp3) is 0.727. The SMILES string of the molecule is CC(NC(N)=O)C(=O)N[C@H](C)C(=O)OC(C)(C)C. The Kier molecular flexibility index (Phi) is 5.61. The fourth-order valence-corrected chi connectivity index (χ4v) is 1.07. The maximum absolute atomic E-state index is 11.6. The van der Waals surface area contributed by atoms with Gasteiger partial charge in [0.2, 0.25) is 5.91 Å². The maximum atomic E-state index is 11.6. The minimum Gasteiger partial charge on any atom is -0.458 e. The van der Waals surface area contributed by atoms with Gasteiger partial charge in [-0.05, 0) is 34.6 Å². The summed E-state index contributed by atoms with van der Waals surface area (Å²) in [6.45, 7) is 8.16. The van der Waals surface area contributed by atoms with Gasteiger partial charge >= 0.3 is 12.0 Å². The Hall–Kier alpha value is -1.79. The van der Waals surface area contributed by atoms with E-state index < -0.39 is 35.6 Å². The van der Waals surface area contributed by atoms with Crippen LogP contribution in [0.15, 0.2) is 0 Å². The van der Waals surface area contributed by atoms with E-state index in [0.29, 0.717) is 0 Å². The van der Waals surface area contributed by atoms with Crippen LogP contribution in [-0.2, 0) is 14.3 Å². The van der Waals surface area contributed by atoms with Gasteiger partial charge in [-0.2, -0.15) is 0 Å². The minimum absolute atomic E-state index is 0.507. The maximum Gasteiger partial charge on any atom is 0.328 e. The first-order valence-corrected chi connectivity index (χ1v) is 5.62. The van der Waals surface area contributed by atoms with Crippen molar-refractivity contribution in [3.05, 3.63) is 0 Å². The van der Waals surface area contributed by atoms with Crippen molar-refractivity contribution < 1.29 is 19.1 Å². The van der Waals surface area contributed by atoms with E-state index in [9.17, 15) is 14.4 Å². The van der Waals surface area contributed by atoms with Crippen LogP contribution < -0.4 is 16.4 Å². The number of hydrogen-bond donors (Lipinski definition) is 3. The van der Waals surface area contributed by atoms with E-state index in [1.54, 1.807) is 20.8 Å². The Morgan fingerprint density at radius 2 is 1.56 bits per heavy atom. The van der Waals surface area contributed by atoms with Crippen LogP contribution in [0.2, 0.25) is 0 Å². The molecule has 0 bridgehead atoms. The van der Waals surface area contributed by atoms with Crippen molar-refractivity contribution >= 4 is 17.9 Å². The lowest BCUT2D eigenvalue weighted by molar-refractivity contribution is -0.158. The standard InChI is InChI=1S/C11H21N3O4/c1-6(14-10(12)17)8(15)13-7(2)9(16)18-11(3,4)5/h6-7H,1-5H3,(H,13,15)(H3,12,14,17)/t6?,7-/m1/s1. The van der Waals surface area contributed by atoms with Crippen molar-refractivity contribution in [3.63, 3.8) is 0 Å². The van der Waals surface area contributed by atoms with Crippen LogP contribution in [0.25, 0.3) is 0 Å². The molecule has 0 heterocycles. The number of nitrogens with two attached hydrogens (primary N) is 1. The first-order chi connectivity index (χ1) is 8.03. The van der Waals surface area contributed by atoms with E-state index in [1.807, 2.05) is 0 Å². The van der Waals surface area contributed by atoms with Crippen molar-refractivity contribution in [2.45, 2.75) is 52.3 Å². The number of amides is 3. The molecule has 7 heteroatoms. The normalized spacial score (nSPS) is 14.3. The van der Waals surface area contributed by atoms with Crippen LogP contribution in [0.5, 0.6) is 0 Å². The van der Waals surface area contributed by atoms with Gasteiger partial charge in [0.1, 0.15) is 17.7 Å². The predicted molar refractivity (Wildman–Crippen MR) is 65.6 cm³/mol. The number of rotatable bonds is 4. The third kappa shape index (κ3) is 6.72. The quantitative estimate of drug-likeness (QED) is 0.612. The molecular weight excluding hydrogens is 238 g/mol. The molecule has 0 saturated heterocycles. The highest BCUT2D eigenvalue weighted by molar-refractivity contribution is 5.89. The summed E-state index contributed by atoms with van der Waals surface area (Å²) in [4.78, 5) is 33.7. The molecule has 0 radical (unpaired) electrons. The van der Waals surface area contributed by atoms with Crippen LogP contribution in [0.1, 0.15) is 34.6 Å². The van der Waals surface area contributed by atoms with Crippen molar-refractivity contribution in [2.75, 3.05) is 0 Å². The molecule has 0 aliphatic rings. The van der Waals surface area contributed by atoms with Gasteiger partial charge in [-0.1, -0.05) is 0 Å². The van der Waals surface area contributed by atoms with Gasteiger partial charge in [0.05, 0.1) is 0 Å². The molecular formula is C11H21N3O4. The Morgan fingerprint density at radius 1 is 1.06 bits per heavy atom. The number of nitrogens with one attached hydrogen (secondary N) is 2. The van der Waals surface area contributed by atoms with E-state index in [0.717, 1.165) is 0 Å². The van der Waals surface area contributed by atoms with Crippen molar-refractivity contribution in [2.24, 2.45) is 5.73 Å². The van der Waals surface area contributed by atoms with E-state index in [2.05, 4.69) is 10.6 Å². The van der Waals surface area contributed by atoms with E-state index in [-0.39, 0.29) is 0 Å². The zero-order valence-corrected chi connectivity index (χ0v) is 11.4. The molecule has 0 aromatic carbocycles. The topological polar surface area (TPSA) is 111 Å². The molecule has 7 nitrogen and oxygen atoms in total. The molecule has 0 spiro atoms. The third-order valence-corrected chi connectivity index (χ3v) is 1.87. The average Bonchev–Trinajstić information content (AvgIpc) is 2.13. The van der Waals surface area contributed by atoms with E-state index >= 15 is 0 Å². The highest BCUT2D eigenvalue weighted by Gasteiger charge is 2.24. The smallest absolute Gasteiger partial charge is 0.328 e. The number of ether oxygens (including phenoxy) is 1. The van der Waals surface area contributed by atoms with Crippen LogP contribution >= 0.6 is 0 Å². The molecule has 18 heavy (non-hydrogen) atoms. The van der Waals surface area contributed by atoms with Crippen LogP contribution in [0.4, 0.5) is 4.79 Å². The van der Waals surface area contributed by atoms with Gasteiger partial charge in [-0.15, -0.1) is 0 Å². The molecule has 0 aromatic rings. The number of carbonyl (C=O) groups excluding carboxylic acids is 3. The number of urea groups is 1. The van der Waals surface area contributed by atoms with Crippen LogP contribution in [-0.4, -0.2) is 35.6 Å². The molecule has 4 N–H and O–H groups in total. The summed E-state index contributed by atoms with van der Waals surface area (Å²) in [5.41, 5.74) is 4.27. The minimum atomic E-state index is -0.813. The van der Waals surface area contributed by atoms with E-state index in [4.69, 9.17) is 10.5 Å². The number of esters is 1. The van der Waals surface area contributed by atoms with Crippen LogP contribution in [0, 0.1) is 0 Å². The summed E-state index contributed by atoms with van der Waals surface area (Å²) in [5, 5.41) is 4.63. The average molecular weight is 259 g/mol. The summed E-state index contributed by atoms with van der Waals surface area (Å²) in [6.07, 6.45) is 0. The second-order valence-electron chi connectivity index (χ2n) is 4.99. The highest BCUT2D eigenvalue weighted by Crippen LogP contribution is 2.08. The molecule has 2 atom stereocenters. The Bertz CT molecular complexity index is 336. The van der Waals surface area contributed by atoms with Crippen molar-refractivity contribution in [1.82, 2.24) is 10.6 Å². The number of carbonyl (C=O) groups is 3. The van der Waals surface area contributed by atoms with Crippen molar-refractivity contribution in [3.8, 4) is 0 Å². The molecule has 0 aliphatic heterocycles.